The van der Waals surface area contributed by atoms with Gasteiger partial charge < -0.3 is 15.0 Å². The Morgan fingerprint density at radius 1 is 0.932 bits per heavy atom. The highest BCUT2D eigenvalue weighted by Crippen LogP contribution is 2.22. The number of carbonyl (C=O) groups excluding carboxylic acids is 2. The molecule has 0 spiro atoms. The van der Waals surface area contributed by atoms with Crippen molar-refractivity contribution in [3.05, 3.63) is 101 Å². The average molecular weight is 624 g/mol. The Hall–Kier alpha value is -3.60. The number of halogens is 1. The van der Waals surface area contributed by atoms with Crippen LogP contribution in [0.2, 0.25) is 0 Å². The molecule has 4 rings (SSSR count). The molecule has 10 heteroatoms. The van der Waals surface area contributed by atoms with E-state index in [1.165, 1.54) is 16.4 Å². The molecule has 0 aromatic heterocycles. The van der Waals surface area contributed by atoms with Crippen molar-refractivity contribution in [2.75, 3.05) is 32.8 Å². The first-order valence-corrected chi connectivity index (χ1v) is 16.7. The Morgan fingerprint density at radius 2 is 1.59 bits per heavy atom. The summed E-state index contributed by atoms with van der Waals surface area (Å²) in [6.07, 6.45) is 3.18. The molecule has 0 bridgehead atoms. The van der Waals surface area contributed by atoms with E-state index in [-0.39, 0.29) is 35.5 Å². The molecule has 0 saturated carbocycles. The zero-order valence-corrected chi connectivity index (χ0v) is 26.1. The third-order valence-corrected chi connectivity index (χ3v) is 9.67. The summed E-state index contributed by atoms with van der Waals surface area (Å²) in [4.78, 5) is 29.3. The van der Waals surface area contributed by atoms with E-state index in [1.54, 1.807) is 41.3 Å². The maximum absolute atomic E-state index is 13.9. The highest BCUT2D eigenvalue weighted by atomic mass is 32.2. The van der Waals surface area contributed by atoms with Gasteiger partial charge in [0.2, 0.25) is 21.8 Å². The topological polar surface area (TPSA) is 96.0 Å². The molecule has 1 atom stereocenters. The largest absolute Gasteiger partial charge is 0.382 e. The van der Waals surface area contributed by atoms with Gasteiger partial charge in [0.05, 0.1) is 4.90 Å². The van der Waals surface area contributed by atoms with E-state index in [1.807, 2.05) is 37.3 Å². The lowest BCUT2D eigenvalue weighted by Gasteiger charge is -2.31. The van der Waals surface area contributed by atoms with Gasteiger partial charge in [0, 0.05) is 52.2 Å². The molecule has 1 saturated heterocycles. The number of amides is 2. The molecule has 0 radical (unpaired) electrons. The Morgan fingerprint density at radius 3 is 2.25 bits per heavy atom. The lowest BCUT2D eigenvalue weighted by molar-refractivity contribution is -0.141. The molecule has 8 nitrogen and oxygen atoms in total. The van der Waals surface area contributed by atoms with E-state index < -0.39 is 16.1 Å². The summed E-state index contributed by atoms with van der Waals surface area (Å²) in [7, 11) is -3.52. The standard InChI is InChI=1S/C34H42FN3O5S/c1-2-43-24-8-21-36-34(40)32(25-28-9-4-3-5-10-28)38(26-29-11-16-30(35)17-12-29)33(39)20-15-27-13-18-31(19-14-27)44(41,42)37-22-6-7-23-37/h3-5,9-14,16-19,32H,2,6-8,15,20-26H2,1H3,(H,36,40)/t32-/m1/s1. The van der Waals surface area contributed by atoms with Crippen LogP contribution >= 0.6 is 0 Å². The average Bonchev–Trinajstić information content (AvgIpc) is 3.59. The number of nitrogens with one attached hydrogen (secondary N) is 1. The van der Waals surface area contributed by atoms with Crippen molar-refractivity contribution in [3.63, 3.8) is 0 Å². The first-order chi connectivity index (χ1) is 21.3. The van der Waals surface area contributed by atoms with E-state index >= 15 is 0 Å². The number of nitrogens with zero attached hydrogens (tertiary/aromatic N) is 2. The van der Waals surface area contributed by atoms with Crippen molar-refractivity contribution < 1.29 is 27.1 Å². The van der Waals surface area contributed by atoms with Gasteiger partial charge in [-0.15, -0.1) is 0 Å². The van der Waals surface area contributed by atoms with Crippen LogP contribution in [0, 0.1) is 5.82 Å². The minimum Gasteiger partial charge on any atom is -0.382 e. The third kappa shape index (κ3) is 9.45. The second-order valence-electron chi connectivity index (χ2n) is 11.0. The molecule has 0 aliphatic carbocycles. The van der Waals surface area contributed by atoms with Crippen molar-refractivity contribution in [1.29, 1.82) is 0 Å². The quantitative estimate of drug-likeness (QED) is 0.233. The number of rotatable bonds is 16. The normalized spacial score (nSPS) is 14.3. The fourth-order valence-corrected chi connectivity index (χ4v) is 6.81. The van der Waals surface area contributed by atoms with Gasteiger partial charge in [0.1, 0.15) is 11.9 Å². The smallest absolute Gasteiger partial charge is 0.243 e. The van der Waals surface area contributed by atoms with E-state index in [2.05, 4.69) is 5.32 Å². The maximum Gasteiger partial charge on any atom is 0.243 e. The summed E-state index contributed by atoms with van der Waals surface area (Å²) in [6, 6.07) is 21.3. The number of hydrogen-bond acceptors (Lipinski definition) is 5. The van der Waals surface area contributed by atoms with Crippen molar-refractivity contribution >= 4 is 21.8 Å². The van der Waals surface area contributed by atoms with Gasteiger partial charge >= 0.3 is 0 Å². The zero-order valence-electron chi connectivity index (χ0n) is 25.3. The van der Waals surface area contributed by atoms with Crippen molar-refractivity contribution in [2.45, 2.75) is 62.9 Å². The predicted molar refractivity (Wildman–Crippen MR) is 168 cm³/mol. The van der Waals surface area contributed by atoms with Gasteiger partial charge in [-0.3, -0.25) is 9.59 Å². The molecule has 1 aliphatic rings. The van der Waals surface area contributed by atoms with E-state index in [0.717, 1.165) is 24.0 Å². The lowest BCUT2D eigenvalue weighted by atomic mass is 10.0. The van der Waals surface area contributed by atoms with E-state index in [4.69, 9.17) is 4.74 Å². The van der Waals surface area contributed by atoms with Crippen LogP contribution in [0.1, 0.15) is 49.3 Å². The van der Waals surface area contributed by atoms with Gasteiger partial charge in [-0.25, -0.2) is 12.8 Å². The van der Waals surface area contributed by atoms with Crippen molar-refractivity contribution in [3.8, 4) is 0 Å². The van der Waals surface area contributed by atoms with Gasteiger partial charge in [0.15, 0.2) is 0 Å². The van der Waals surface area contributed by atoms with Gasteiger partial charge in [0.25, 0.3) is 0 Å². The highest BCUT2D eigenvalue weighted by Gasteiger charge is 2.30. The zero-order chi connectivity index (χ0) is 31.4. The van der Waals surface area contributed by atoms with Crippen LogP contribution in [0.15, 0.2) is 83.8 Å². The molecule has 3 aromatic rings. The second-order valence-corrected chi connectivity index (χ2v) is 12.9. The van der Waals surface area contributed by atoms with Crippen molar-refractivity contribution in [2.24, 2.45) is 0 Å². The number of sulfonamides is 1. The molecule has 44 heavy (non-hydrogen) atoms. The molecular weight excluding hydrogens is 581 g/mol. The van der Waals surface area contributed by atoms with Crippen LogP contribution in [0.4, 0.5) is 4.39 Å². The monoisotopic (exact) mass is 623 g/mol. The molecule has 2 amide bonds. The van der Waals surface area contributed by atoms with Crippen LogP contribution < -0.4 is 5.32 Å². The Labute approximate surface area is 260 Å². The van der Waals surface area contributed by atoms with E-state index in [0.29, 0.717) is 57.7 Å². The lowest BCUT2D eigenvalue weighted by Crippen LogP contribution is -2.50. The molecular formula is C34H42FN3O5S. The number of benzene rings is 3. The highest BCUT2D eigenvalue weighted by molar-refractivity contribution is 7.89. The number of hydrogen-bond donors (Lipinski definition) is 1. The molecule has 1 heterocycles. The fraction of sp³-hybridized carbons (Fsp3) is 0.412. The Bertz CT molecular complexity index is 1440. The first kappa shape index (κ1) is 33.3. The van der Waals surface area contributed by atoms with Crippen LogP contribution in [-0.4, -0.2) is 68.3 Å². The summed E-state index contributed by atoms with van der Waals surface area (Å²) < 4.78 is 46.4. The Kier molecular flexibility index (Phi) is 12.5. The first-order valence-electron chi connectivity index (χ1n) is 15.3. The van der Waals surface area contributed by atoms with Crippen LogP contribution in [0.5, 0.6) is 0 Å². The van der Waals surface area contributed by atoms with Gasteiger partial charge in [-0.1, -0.05) is 54.6 Å². The second kappa shape index (κ2) is 16.5. The molecule has 1 aliphatic heterocycles. The molecule has 1 N–H and O–H groups in total. The summed E-state index contributed by atoms with van der Waals surface area (Å²) in [6.45, 7) is 4.65. The summed E-state index contributed by atoms with van der Waals surface area (Å²) in [5.74, 6) is -0.875. The minimum absolute atomic E-state index is 0.113. The molecule has 1 fully saturated rings. The number of ether oxygens (including phenoxy) is 1. The van der Waals surface area contributed by atoms with Crippen LogP contribution in [-0.2, 0) is 43.7 Å². The minimum atomic E-state index is -3.52. The summed E-state index contributed by atoms with van der Waals surface area (Å²) >= 11 is 0. The van der Waals surface area contributed by atoms with Crippen LogP contribution in [0.25, 0.3) is 0 Å². The predicted octanol–water partition coefficient (Wildman–Crippen LogP) is 4.73. The molecule has 3 aromatic carbocycles. The SMILES string of the molecule is CCOCCCNC(=O)[C@@H](Cc1ccccc1)N(Cc1ccc(F)cc1)C(=O)CCc1ccc(S(=O)(=O)N2CCCC2)cc1. The fourth-order valence-electron chi connectivity index (χ4n) is 5.29. The summed E-state index contributed by atoms with van der Waals surface area (Å²) in [5, 5.41) is 2.98. The number of aryl methyl sites for hydroxylation is 1. The van der Waals surface area contributed by atoms with E-state index in [9.17, 15) is 22.4 Å². The number of carbonyl (C=O) groups is 2. The van der Waals surface area contributed by atoms with Gasteiger partial charge in [-0.2, -0.15) is 4.31 Å². The molecule has 236 valence electrons. The van der Waals surface area contributed by atoms with Crippen LogP contribution in [0.3, 0.4) is 0 Å². The van der Waals surface area contributed by atoms with Gasteiger partial charge in [-0.05, 0) is 73.6 Å². The molecule has 0 unspecified atom stereocenters. The summed E-state index contributed by atoms with van der Waals surface area (Å²) in [5.41, 5.74) is 2.44. The van der Waals surface area contributed by atoms with Crippen molar-refractivity contribution in [1.82, 2.24) is 14.5 Å². The third-order valence-electron chi connectivity index (χ3n) is 7.76. The Balaban J connectivity index is 1.52. The maximum atomic E-state index is 13.9.